The molecule has 5 nitrogen and oxygen atoms in total. The third-order valence-corrected chi connectivity index (χ3v) is 3.57. The van der Waals surface area contributed by atoms with Gasteiger partial charge in [-0.05, 0) is 31.4 Å². The maximum absolute atomic E-state index is 11.7. The number of rotatable bonds is 1. The monoisotopic (exact) mass is 244 g/mol. The third kappa shape index (κ3) is 1.76. The summed E-state index contributed by atoms with van der Waals surface area (Å²) < 4.78 is 0. The van der Waals surface area contributed by atoms with Crippen LogP contribution < -0.4 is 10.9 Å². The Bertz CT molecular complexity index is 526. The Morgan fingerprint density at radius 3 is 3.00 bits per heavy atom. The van der Waals surface area contributed by atoms with Gasteiger partial charge in [0.1, 0.15) is 12.4 Å². The number of carbonyl (C=O) groups excluding carboxylic acids is 1. The molecule has 3 rings (SSSR count). The maximum Gasteiger partial charge on any atom is 0.264 e. The highest BCUT2D eigenvalue weighted by atomic mass is 16.2. The second kappa shape index (κ2) is 4.10. The van der Waals surface area contributed by atoms with E-state index in [1.165, 1.54) is 16.7 Å². The number of hydrogen-bond donors (Lipinski definition) is 2. The van der Waals surface area contributed by atoms with Gasteiger partial charge >= 0.3 is 0 Å². The lowest BCUT2D eigenvalue weighted by molar-refractivity contribution is -0.125. The highest BCUT2D eigenvalue weighted by Crippen LogP contribution is 2.30. The van der Waals surface area contributed by atoms with Gasteiger partial charge in [-0.15, -0.1) is 0 Å². The van der Waals surface area contributed by atoms with Crippen LogP contribution in [-0.4, -0.2) is 23.3 Å². The molecule has 2 aliphatic rings. The molecule has 5 heteroatoms. The highest BCUT2D eigenvalue weighted by molar-refractivity contribution is 5.87. The molecule has 2 atom stereocenters. The van der Waals surface area contributed by atoms with Crippen LogP contribution in [0.3, 0.4) is 0 Å². The van der Waals surface area contributed by atoms with Gasteiger partial charge in [0.25, 0.3) is 5.91 Å². The van der Waals surface area contributed by atoms with E-state index in [0.717, 1.165) is 6.42 Å². The first-order valence-corrected chi connectivity index (χ1v) is 6.10. The minimum atomic E-state index is -0.160. The molecule has 0 aromatic heterocycles. The summed E-state index contributed by atoms with van der Waals surface area (Å²) in [4.78, 5) is 11.7. The average molecular weight is 244 g/mol. The van der Waals surface area contributed by atoms with Crippen LogP contribution in [0.4, 0.5) is 0 Å². The van der Waals surface area contributed by atoms with Crippen LogP contribution in [0.15, 0.2) is 23.3 Å². The van der Waals surface area contributed by atoms with Crippen molar-refractivity contribution in [1.29, 1.82) is 0 Å². The van der Waals surface area contributed by atoms with Crippen molar-refractivity contribution >= 4 is 12.2 Å². The van der Waals surface area contributed by atoms with E-state index < -0.39 is 0 Å². The van der Waals surface area contributed by atoms with Crippen molar-refractivity contribution in [2.24, 2.45) is 5.10 Å². The molecule has 0 spiro atoms. The van der Waals surface area contributed by atoms with Crippen LogP contribution in [0.25, 0.3) is 0 Å². The van der Waals surface area contributed by atoms with Crippen molar-refractivity contribution in [2.75, 3.05) is 0 Å². The van der Waals surface area contributed by atoms with Gasteiger partial charge in [0, 0.05) is 0 Å². The minimum Gasteiger partial charge on any atom is -0.283 e. The van der Waals surface area contributed by atoms with Gasteiger partial charge < -0.3 is 0 Å². The van der Waals surface area contributed by atoms with Gasteiger partial charge in [-0.1, -0.05) is 23.8 Å². The van der Waals surface area contributed by atoms with E-state index in [2.05, 4.69) is 48.0 Å². The van der Waals surface area contributed by atoms with Gasteiger partial charge in [0.05, 0.1) is 6.04 Å². The summed E-state index contributed by atoms with van der Waals surface area (Å²) in [6.07, 6.45) is 2.40. The molecule has 0 bridgehead atoms. The average Bonchev–Trinajstić information content (AvgIpc) is 2.77. The Hall–Kier alpha value is -1.88. The summed E-state index contributed by atoms with van der Waals surface area (Å²) in [5.41, 5.74) is 9.57. The molecule has 0 saturated carbocycles. The van der Waals surface area contributed by atoms with E-state index in [0.29, 0.717) is 0 Å². The topological polar surface area (TPSA) is 56.7 Å². The molecule has 1 aromatic carbocycles. The van der Waals surface area contributed by atoms with Crippen molar-refractivity contribution in [3.05, 3.63) is 34.9 Å². The standard InChI is InChI=1S/C13H16N4O/c1-8-3-4-9(2)10(5-8)11-6-12-13(18)15-14-7-17(12)16-11/h3-5,7,11-12,16H,6H2,1-2H3,(H,15,18). The largest absolute Gasteiger partial charge is 0.283 e. The summed E-state index contributed by atoms with van der Waals surface area (Å²) in [5.74, 6) is -0.0437. The van der Waals surface area contributed by atoms with E-state index in [1.807, 2.05) is 0 Å². The molecule has 0 radical (unpaired) electrons. The Morgan fingerprint density at radius 2 is 2.22 bits per heavy atom. The first-order chi connectivity index (χ1) is 8.65. The number of hydrazone groups is 1. The molecule has 2 aliphatic heterocycles. The molecule has 1 saturated heterocycles. The summed E-state index contributed by atoms with van der Waals surface area (Å²) in [5, 5.41) is 5.60. The van der Waals surface area contributed by atoms with E-state index in [4.69, 9.17) is 0 Å². The summed E-state index contributed by atoms with van der Waals surface area (Å²) in [7, 11) is 0. The molecular weight excluding hydrogens is 228 g/mol. The fourth-order valence-corrected chi connectivity index (χ4v) is 2.57. The summed E-state index contributed by atoms with van der Waals surface area (Å²) >= 11 is 0. The SMILES string of the molecule is Cc1ccc(C)c(C2CC3C(=O)NN=CN3N2)c1. The predicted molar refractivity (Wildman–Crippen MR) is 68.7 cm³/mol. The first-order valence-electron chi connectivity index (χ1n) is 6.10. The van der Waals surface area contributed by atoms with Crippen LogP contribution in [0.5, 0.6) is 0 Å². The number of hydrogen-bond acceptors (Lipinski definition) is 4. The number of nitrogens with one attached hydrogen (secondary N) is 2. The zero-order valence-corrected chi connectivity index (χ0v) is 10.5. The van der Waals surface area contributed by atoms with Crippen LogP contribution in [-0.2, 0) is 4.79 Å². The third-order valence-electron chi connectivity index (χ3n) is 3.57. The molecule has 2 unspecified atom stereocenters. The summed E-state index contributed by atoms with van der Waals surface area (Å²) in [6.45, 7) is 4.18. The van der Waals surface area contributed by atoms with E-state index in [-0.39, 0.29) is 18.0 Å². The zero-order valence-electron chi connectivity index (χ0n) is 10.5. The van der Waals surface area contributed by atoms with E-state index >= 15 is 0 Å². The lowest BCUT2D eigenvalue weighted by Gasteiger charge is -2.23. The second-order valence-electron chi connectivity index (χ2n) is 4.92. The lowest BCUT2D eigenvalue weighted by Crippen LogP contribution is -2.48. The van der Waals surface area contributed by atoms with Crippen LogP contribution in [0.2, 0.25) is 0 Å². The van der Waals surface area contributed by atoms with Crippen molar-refractivity contribution in [1.82, 2.24) is 15.9 Å². The summed E-state index contributed by atoms with van der Waals surface area (Å²) in [6, 6.07) is 6.42. The van der Waals surface area contributed by atoms with Gasteiger partial charge in [0.15, 0.2) is 0 Å². The molecule has 1 amide bonds. The number of carbonyl (C=O) groups is 1. The minimum absolute atomic E-state index is 0.0437. The Kier molecular flexibility index (Phi) is 2.56. The number of aryl methyl sites for hydroxylation is 2. The molecule has 94 valence electrons. The van der Waals surface area contributed by atoms with Gasteiger partial charge in [-0.3, -0.25) is 9.80 Å². The normalized spacial score (nSPS) is 26.1. The fourth-order valence-electron chi connectivity index (χ4n) is 2.57. The lowest BCUT2D eigenvalue weighted by atomic mass is 9.96. The smallest absolute Gasteiger partial charge is 0.264 e. The molecule has 2 heterocycles. The Balaban J connectivity index is 1.89. The van der Waals surface area contributed by atoms with Gasteiger partial charge in [-0.2, -0.15) is 5.10 Å². The van der Waals surface area contributed by atoms with E-state index in [9.17, 15) is 4.79 Å². The van der Waals surface area contributed by atoms with Crippen molar-refractivity contribution in [2.45, 2.75) is 32.4 Å². The van der Waals surface area contributed by atoms with Crippen LogP contribution >= 0.6 is 0 Å². The Morgan fingerprint density at radius 1 is 1.39 bits per heavy atom. The van der Waals surface area contributed by atoms with Gasteiger partial charge in [-0.25, -0.2) is 10.9 Å². The number of amides is 1. The van der Waals surface area contributed by atoms with Crippen LogP contribution in [0, 0.1) is 13.8 Å². The maximum atomic E-state index is 11.7. The number of hydrazine groups is 1. The molecule has 2 N–H and O–H groups in total. The fraction of sp³-hybridized carbons (Fsp3) is 0.385. The first kappa shape index (κ1) is 11.2. The number of benzene rings is 1. The number of fused-ring (bicyclic) bond motifs is 1. The molecule has 1 aromatic rings. The van der Waals surface area contributed by atoms with Gasteiger partial charge in [0.2, 0.25) is 0 Å². The number of nitrogens with zero attached hydrogens (tertiary/aromatic N) is 2. The molecular formula is C13H16N4O. The van der Waals surface area contributed by atoms with Crippen molar-refractivity contribution in [3.63, 3.8) is 0 Å². The highest BCUT2D eigenvalue weighted by Gasteiger charge is 2.38. The van der Waals surface area contributed by atoms with Crippen molar-refractivity contribution < 1.29 is 4.79 Å². The second-order valence-corrected chi connectivity index (χ2v) is 4.92. The Labute approximate surface area is 106 Å². The molecule has 0 aliphatic carbocycles. The molecule has 18 heavy (non-hydrogen) atoms. The van der Waals surface area contributed by atoms with Crippen LogP contribution in [0.1, 0.15) is 29.2 Å². The quantitative estimate of drug-likeness (QED) is 0.774. The van der Waals surface area contributed by atoms with Crippen molar-refractivity contribution in [3.8, 4) is 0 Å². The predicted octanol–water partition coefficient (Wildman–Crippen LogP) is 0.997. The zero-order chi connectivity index (χ0) is 12.7. The molecule has 1 fully saturated rings. The van der Waals surface area contributed by atoms with E-state index in [1.54, 1.807) is 11.3 Å².